The van der Waals surface area contributed by atoms with Gasteiger partial charge in [-0.1, -0.05) is 23.2 Å². The summed E-state index contributed by atoms with van der Waals surface area (Å²) in [5, 5.41) is 0.538. The SMILES string of the molecule is O=C1CC(c2cc(Br)c(Cl)s2)Oc2ccc(Cl)cc21. The lowest BCUT2D eigenvalue weighted by Gasteiger charge is -2.24. The molecule has 98 valence electrons. The number of carbonyl (C=O) groups is 1. The molecule has 1 aromatic carbocycles. The summed E-state index contributed by atoms with van der Waals surface area (Å²) in [5.74, 6) is 0.612. The fraction of sp³-hybridized carbons (Fsp3) is 0.154. The van der Waals surface area contributed by atoms with E-state index in [0.29, 0.717) is 27.1 Å². The molecule has 1 unspecified atom stereocenters. The average molecular weight is 378 g/mol. The number of rotatable bonds is 1. The van der Waals surface area contributed by atoms with E-state index >= 15 is 0 Å². The molecule has 0 aliphatic carbocycles. The topological polar surface area (TPSA) is 26.3 Å². The van der Waals surface area contributed by atoms with Gasteiger partial charge >= 0.3 is 0 Å². The molecule has 2 heterocycles. The Bertz CT molecular complexity index is 649. The van der Waals surface area contributed by atoms with E-state index in [9.17, 15) is 4.79 Å². The summed E-state index contributed by atoms with van der Waals surface area (Å²) in [7, 11) is 0. The van der Waals surface area contributed by atoms with Crippen LogP contribution in [-0.4, -0.2) is 5.78 Å². The van der Waals surface area contributed by atoms with Crippen molar-refractivity contribution in [3.63, 3.8) is 0 Å². The Morgan fingerprint density at radius 1 is 1.32 bits per heavy atom. The molecular weight excluding hydrogens is 371 g/mol. The van der Waals surface area contributed by atoms with Gasteiger partial charge in [0.05, 0.1) is 12.0 Å². The van der Waals surface area contributed by atoms with Gasteiger partial charge in [0.1, 0.15) is 16.2 Å². The zero-order valence-corrected chi connectivity index (χ0v) is 13.4. The zero-order valence-electron chi connectivity index (χ0n) is 9.45. The van der Waals surface area contributed by atoms with Crippen molar-refractivity contribution in [1.82, 2.24) is 0 Å². The third-order valence-electron chi connectivity index (χ3n) is 2.86. The molecule has 0 spiro atoms. The van der Waals surface area contributed by atoms with Gasteiger partial charge < -0.3 is 4.74 Å². The zero-order chi connectivity index (χ0) is 13.6. The highest BCUT2D eigenvalue weighted by Gasteiger charge is 2.29. The lowest BCUT2D eigenvalue weighted by molar-refractivity contribution is 0.0854. The van der Waals surface area contributed by atoms with Gasteiger partial charge in [-0.15, -0.1) is 11.3 Å². The second kappa shape index (κ2) is 5.09. The molecule has 2 nitrogen and oxygen atoms in total. The molecule has 3 rings (SSSR count). The molecule has 1 aromatic heterocycles. The van der Waals surface area contributed by atoms with E-state index in [0.717, 1.165) is 9.35 Å². The van der Waals surface area contributed by atoms with Crippen molar-refractivity contribution in [2.45, 2.75) is 12.5 Å². The number of fused-ring (bicyclic) bond motifs is 1. The molecule has 0 saturated carbocycles. The van der Waals surface area contributed by atoms with Gasteiger partial charge in [-0.2, -0.15) is 0 Å². The first-order valence-corrected chi connectivity index (χ1v) is 7.85. The summed E-state index contributed by atoms with van der Waals surface area (Å²) < 4.78 is 7.35. The maximum absolute atomic E-state index is 12.1. The fourth-order valence-electron chi connectivity index (χ4n) is 1.98. The smallest absolute Gasteiger partial charge is 0.170 e. The second-order valence-electron chi connectivity index (χ2n) is 4.14. The number of hydrogen-bond donors (Lipinski definition) is 0. The number of ketones is 1. The van der Waals surface area contributed by atoms with Crippen LogP contribution in [0.3, 0.4) is 0 Å². The predicted molar refractivity (Wildman–Crippen MR) is 80.8 cm³/mol. The molecule has 1 aliphatic rings. The minimum atomic E-state index is -0.282. The van der Waals surface area contributed by atoms with Gasteiger partial charge in [-0.25, -0.2) is 0 Å². The van der Waals surface area contributed by atoms with Crippen LogP contribution in [0.25, 0.3) is 0 Å². The maximum Gasteiger partial charge on any atom is 0.170 e. The number of ether oxygens (including phenoxy) is 1. The molecule has 1 aliphatic heterocycles. The Balaban J connectivity index is 1.97. The van der Waals surface area contributed by atoms with Crippen LogP contribution in [0.4, 0.5) is 0 Å². The van der Waals surface area contributed by atoms with Crippen LogP contribution in [0.2, 0.25) is 9.36 Å². The number of hydrogen-bond acceptors (Lipinski definition) is 3. The summed E-state index contributed by atoms with van der Waals surface area (Å²) in [6.45, 7) is 0. The van der Waals surface area contributed by atoms with Gasteiger partial charge in [0.25, 0.3) is 0 Å². The van der Waals surface area contributed by atoms with Gasteiger partial charge in [0.2, 0.25) is 0 Å². The lowest BCUT2D eigenvalue weighted by Crippen LogP contribution is -2.19. The quantitative estimate of drug-likeness (QED) is 0.653. The molecule has 0 saturated heterocycles. The molecule has 2 aromatic rings. The van der Waals surface area contributed by atoms with Crippen molar-refractivity contribution in [1.29, 1.82) is 0 Å². The van der Waals surface area contributed by atoms with Crippen LogP contribution in [0.1, 0.15) is 27.8 Å². The highest BCUT2D eigenvalue weighted by molar-refractivity contribution is 9.10. The summed E-state index contributed by atoms with van der Waals surface area (Å²) in [6, 6.07) is 6.98. The Hall–Kier alpha value is -0.550. The second-order valence-corrected chi connectivity index (χ2v) is 7.12. The van der Waals surface area contributed by atoms with Crippen molar-refractivity contribution < 1.29 is 9.53 Å². The fourth-order valence-corrected chi connectivity index (χ4v) is 3.91. The monoisotopic (exact) mass is 376 g/mol. The molecule has 0 radical (unpaired) electrons. The summed E-state index contributed by atoms with van der Waals surface area (Å²) >= 11 is 16.7. The molecule has 1 atom stereocenters. The Kier molecular flexibility index (Phi) is 3.60. The van der Waals surface area contributed by atoms with E-state index in [1.54, 1.807) is 18.2 Å². The normalized spacial score (nSPS) is 18.1. The first-order valence-electron chi connectivity index (χ1n) is 5.49. The molecule has 0 bridgehead atoms. The molecule has 19 heavy (non-hydrogen) atoms. The van der Waals surface area contributed by atoms with Gasteiger partial charge in [0.15, 0.2) is 5.78 Å². The van der Waals surface area contributed by atoms with Crippen LogP contribution >= 0.6 is 50.5 Å². The van der Waals surface area contributed by atoms with Gasteiger partial charge in [-0.3, -0.25) is 4.79 Å². The summed E-state index contributed by atoms with van der Waals surface area (Å²) in [5.41, 5.74) is 0.547. The van der Waals surface area contributed by atoms with Crippen molar-refractivity contribution >= 4 is 56.3 Å². The van der Waals surface area contributed by atoms with Crippen LogP contribution in [-0.2, 0) is 0 Å². The Morgan fingerprint density at radius 3 is 2.79 bits per heavy atom. The van der Waals surface area contributed by atoms with Crippen LogP contribution < -0.4 is 4.74 Å². The first kappa shape index (κ1) is 13.4. The van der Waals surface area contributed by atoms with Crippen molar-refractivity contribution in [3.8, 4) is 5.75 Å². The van der Waals surface area contributed by atoms with E-state index in [1.165, 1.54) is 11.3 Å². The highest BCUT2D eigenvalue weighted by atomic mass is 79.9. The van der Waals surface area contributed by atoms with Crippen molar-refractivity contribution in [3.05, 3.63) is 48.5 Å². The Morgan fingerprint density at radius 2 is 2.11 bits per heavy atom. The largest absolute Gasteiger partial charge is 0.484 e. The van der Waals surface area contributed by atoms with Gasteiger partial charge in [-0.05, 0) is 40.2 Å². The summed E-state index contributed by atoms with van der Waals surface area (Å²) in [6.07, 6.45) is 0.0198. The predicted octanol–water partition coefficient (Wildman–Crippen LogP) is 5.52. The van der Waals surface area contributed by atoms with Crippen molar-refractivity contribution in [2.24, 2.45) is 0 Å². The van der Waals surface area contributed by atoms with E-state index in [4.69, 9.17) is 27.9 Å². The van der Waals surface area contributed by atoms with Crippen LogP contribution in [0.5, 0.6) is 5.75 Å². The van der Waals surface area contributed by atoms with Crippen LogP contribution in [0.15, 0.2) is 28.7 Å². The van der Waals surface area contributed by atoms with Gasteiger partial charge in [0, 0.05) is 14.4 Å². The van der Waals surface area contributed by atoms with E-state index in [2.05, 4.69) is 15.9 Å². The van der Waals surface area contributed by atoms with E-state index in [-0.39, 0.29) is 11.9 Å². The third kappa shape index (κ3) is 2.55. The minimum Gasteiger partial charge on any atom is -0.484 e. The standard InChI is InChI=1S/C13H7BrCl2O2S/c14-8-4-12(19-13(8)16)11-5-9(17)7-3-6(15)1-2-10(7)18-11/h1-4,11H,5H2. The highest BCUT2D eigenvalue weighted by Crippen LogP contribution is 2.41. The lowest BCUT2D eigenvalue weighted by atomic mass is 10.00. The van der Waals surface area contributed by atoms with E-state index in [1.807, 2.05) is 6.07 Å². The van der Waals surface area contributed by atoms with Crippen molar-refractivity contribution in [2.75, 3.05) is 0 Å². The minimum absolute atomic E-state index is 0.0365. The number of benzene rings is 1. The first-order chi connectivity index (χ1) is 9.04. The maximum atomic E-state index is 12.1. The number of Topliss-reactive ketones (excluding diaryl/α,β-unsaturated/α-hetero) is 1. The molecular formula is C13H7BrCl2O2S. The molecule has 0 fully saturated rings. The van der Waals surface area contributed by atoms with E-state index < -0.39 is 0 Å². The Labute approximate surface area is 132 Å². The third-order valence-corrected chi connectivity index (χ3v) is 5.67. The molecule has 0 N–H and O–H groups in total. The molecule has 6 heteroatoms. The summed E-state index contributed by atoms with van der Waals surface area (Å²) in [4.78, 5) is 13.1. The average Bonchev–Trinajstić information content (AvgIpc) is 2.70. The van der Waals surface area contributed by atoms with Crippen LogP contribution in [0, 0.1) is 0 Å². The number of halogens is 3. The molecule has 0 amide bonds. The number of carbonyl (C=O) groups excluding carboxylic acids is 1. The number of thiophene rings is 1.